The molecule has 3 atom stereocenters. The zero-order valence-corrected chi connectivity index (χ0v) is 8.56. The van der Waals surface area contributed by atoms with Gasteiger partial charge in [-0.3, -0.25) is 0 Å². The molecule has 1 saturated carbocycles. The van der Waals surface area contributed by atoms with Gasteiger partial charge in [0.1, 0.15) is 0 Å². The Morgan fingerprint density at radius 2 is 2.00 bits per heavy atom. The molecule has 0 aromatic heterocycles. The lowest BCUT2D eigenvalue weighted by Gasteiger charge is -2.43. The van der Waals surface area contributed by atoms with Crippen LogP contribution in [0.2, 0.25) is 0 Å². The Labute approximate surface area is 75.9 Å². The van der Waals surface area contributed by atoms with E-state index in [1.54, 1.807) is 0 Å². The molecule has 0 radical (unpaired) electrons. The highest BCUT2D eigenvalue weighted by molar-refractivity contribution is 4.96. The summed E-state index contributed by atoms with van der Waals surface area (Å²) < 4.78 is 0. The normalized spacial score (nSPS) is 40.8. The van der Waals surface area contributed by atoms with Gasteiger partial charge in [-0.25, -0.2) is 0 Å². The molecule has 0 bridgehead atoms. The number of hydrogen-bond donors (Lipinski definition) is 1. The predicted molar refractivity (Wildman–Crippen MR) is 52.0 cm³/mol. The molecule has 12 heavy (non-hydrogen) atoms. The average molecular weight is 167 g/mol. The van der Waals surface area contributed by atoms with Crippen LogP contribution in [0.5, 0.6) is 0 Å². The zero-order valence-electron chi connectivity index (χ0n) is 8.56. The molecule has 0 amide bonds. The molecule has 2 fully saturated rings. The summed E-state index contributed by atoms with van der Waals surface area (Å²) in [6, 6.07) is 0. The van der Waals surface area contributed by atoms with E-state index in [1.165, 1.54) is 25.9 Å². The van der Waals surface area contributed by atoms with Crippen molar-refractivity contribution in [3.05, 3.63) is 0 Å². The van der Waals surface area contributed by atoms with Crippen molar-refractivity contribution in [2.45, 2.75) is 33.6 Å². The van der Waals surface area contributed by atoms with Crippen LogP contribution in [0.25, 0.3) is 0 Å². The Morgan fingerprint density at radius 1 is 1.25 bits per heavy atom. The summed E-state index contributed by atoms with van der Waals surface area (Å²) in [5.41, 5.74) is 0.540. The Bertz CT molecular complexity index is 168. The van der Waals surface area contributed by atoms with Crippen molar-refractivity contribution in [2.75, 3.05) is 13.1 Å². The lowest BCUT2D eigenvalue weighted by molar-refractivity contribution is 0.0779. The maximum absolute atomic E-state index is 3.50. The maximum atomic E-state index is 3.50. The molecule has 0 aromatic rings. The Hall–Kier alpha value is -0.0400. The van der Waals surface area contributed by atoms with Crippen molar-refractivity contribution < 1.29 is 0 Å². The Kier molecular flexibility index (Phi) is 1.95. The average Bonchev–Trinajstić information content (AvgIpc) is 2.24. The van der Waals surface area contributed by atoms with Crippen molar-refractivity contribution in [1.82, 2.24) is 5.32 Å². The predicted octanol–water partition coefficient (Wildman–Crippen LogP) is 2.28. The molecular formula is C11H21N. The molecule has 1 N–H and O–H groups in total. The molecule has 1 aliphatic heterocycles. The van der Waals surface area contributed by atoms with Gasteiger partial charge in [0, 0.05) is 0 Å². The summed E-state index contributed by atoms with van der Waals surface area (Å²) in [7, 11) is 0. The van der Waals surface area contributed by atoms with Crippen LogP contribution in [0, 0.1) is 23.2 Å². The van der Waals surface area contributed by atoms with Crippen LogP contribution in [0.15, 0.2) is 0 Å². The fraction of sp³-hybridized carbons (Fsp3) is 1.00. The highest BCUT2D eigenvalue weighted by Gasteiger charge is 2.44. The summed E-state index contributed by atoms with van der Waals surface area (Å²) in [4.78, 5) is 0. The maximum Gasteiger partial charge on any atom is -0.00146 e. The highest BCUT2D eigenvalue weighted by atomic mass is 14.9. The molecule has 1 nitrogen and oxygen atoms in total. The second-order valence-electron chi connectivity index (χ2n) is 5.84. The van der Waals surface area contributed by atoms with Crippen LogP contribution >= 0.6 is 0 Å². The number of fused-ring (bicyclic) bond motifs is 1. The highest BCUT2D eigenvalue weighted by Crippen LogP contribution is 2.47. The Morgan fingerprint density at radius 3 is 2.58 bits per heavy atom. The third-order valence-electron chi connectivity index (χ3n) is 3.48. The smallest absolute Gasteiger partial charge is 0.00146 e. The third kappa shape index (κ3) is 1.52. The molecule has 1 saturated heterocycles. The van der Waals surface area contributed by atoms with Crippen molar-refractivity contribution in [3.8, 4) is 0 Å². The fourth-order valence-corrected chi connectivity index (χ4v) is 2.95. The largest absolute Gasteiger partial charge is 0.316 e. The van der Waals surface area contributed by atoms with Crippen molar-refractivity contribution in [2.24, 2.45) is 23.2 Å². The number of rotatable bonds is 1. The standard InChI is InChI=1S/C11H21N/c1-11(2,3)5-8-4-9-6-12-7-10(8)9/h8-10,12H,4-7H2,1-3H3. The molecular weight excluding hydrogens is 146 g/mol. The second-order valence-corrected chi connectivity index (χ2v) is 5.84. The van der Waals surface area contributed by atoms with Gasteiger partial charge in [0.05, 0.1) is 0 Å². The van der Waals surface area contributed by atoms with Gasteiger partial charge in [-0.2, -0.15) is 0 Å². The molecule has 0 aromatic carbocycles. The molecule has 0 spiro atoms. The van der Waals surface area contributed by atoms with E-state index in [4.69, 9.17) is 0 Å². The van der Waals surface area contributed by atoms with Crippen LogP contribution in [0.3, 0.4) is 0 Å². The van der Waals surface area contributed by atoms with Gasteiger partial charge in [0.15, 0.2) is 0 Å². The van der Waals surface area contributed by atoms with Gasteiger partial charge >= 0.3 is 0 Å². The van der Waals surface area contributed by atoms with E-state index in [0.29, 0.717) is 5.41 Å². The second kappa shape index (κ2) is 2.73. The molecule has 3 unspecified atom stereocenters. The molecule has 70 valence electrons. The van der Waals surface area contributed by atoms with Crippen molar-refractivity contribution in [3.63, 3.8) is 0 Å². The van der Waals surface area contributed by atoms with E-state index in [0.717, 1.165) is 17.8 Å². The van der Waals surface area contributed by atoms with Crippen LogP contribution in [-0.4, -0.2) is 13.1 Å². The lowest BCUT2D eigenvalue weighted by Crippen LogP contribution is -2.37. The summed E-state index contributed by atoms with van der Waals surface area (Å²) in [6.45, 7) is 9.69. The van der Waals surface area contributed by atoms with Gasteiger partial charge in [0.25, 0.3) is 0 Å². The van der Waals surface area contributed by atoms with E-state index in [2.05, 4.69) is 26.1 Å². The first-order valence-corrected chi connectivity index (χ1v) is 5.27. The van der Waals surface area contributed by atoms with Gasteiger partial charge < -0.3 is 5.32 Å². The first-order valence-electron chi connectivity index (χ1n) is 5.27. The zero-order chi connectivity index (χ0) is 8.77. The monoisotopic (exact) mass is 167 g/mol. The molecule has 1 heteroatoms. The minimum absolute atomic E-state index is 0.540. The van der Waals surface area contributed by atoms with Gasteiger partial charge in [-0.1, -0.05) is 20.8 Å². The van der Waals surface area contributed by atoms with Gasteiger partial charge in [0.2, 0.25) is 0 Å². The van der Waals surface area contributed by atoms with E-state index in [1.807, 2.05) is 0 Å². The van der Waals surface area contributed by atoms with Crippen LogP contribution in [0.4, 0.5) is 0 Å². The van der Waals surface area contributed by atoms with E-state index < -0.39 is 0 Å². The lowest BCUT2D eigenvalue weighted by atomic mass is 9.62. The minimum atomic E-state index is 0.540. The van der Waals surface area contributed by atoms with Gasteiger partial charge in [-0.15, -0.1) is 0 Å². The quantitative estimate of drug-likeness (QED) is 0.632. The van der Waals surface area contributed by atoms with E-state index in [-0.39, 0.29) is 0 Å². The third-order valence-corrected chi connectivity index (χ3v) is 3.48. The SMILES string of the molecule is CC(C)(C)CC1CC2CNCC21. The Balaban J connectivity index is 1.85. The molecule has 1 aliphatic carbocycles. The minimum Gasteiger partial charge on any atom is -0.316 e. The fourth-order valence-electron chi connectivity index (χ4n) is 2.95. The van der Waals surface area contributed by atoms with Crippen molar-refractivity contribution >= 4 is 0 Å². The first kappa shape index (κ1) is 8.55. The number of nitrogens with one attached hydrogen (secondary N) is 1. The van der Waals surface area contributed by atoms with E-state index in [9.17, 15) is 0 Å². The van der Waals surface area contributed by atoms with Crippen LogP contribution < -0.4 is 5.32 Å². The molecule has 2 aliphatic rings. The summed E-state index contributed by atoms with van der Waals surface area (Å²) in [5, 5.41) is 3.50. The first-order chi connectivity index (χ1) is 5.56. The summed E-state index contributed by atoms with van der Waals surface area (Å²) in [6.07, 6.45) is 2.92. The van der Waals surface area contributed by atoms with Crippen LogP contribution in [-0.2, 0) is 0 Å². The van der Waals surface area contributed by atoms with Crippen LogP contribution in [0.1, 0.15) is 33.6 Å². The van der Waals surface area contributed by atoms with E-state index >= 15 is 0 Å². The molecule has 2 rings (SSSR count). The summed E-state index contributed by atoms with van der Waals surface area (Å²) in [5.74, 6) is 3.10. The van der Waals surface area contributed by atoms with Gasteiger partial charge in [-0.05, 0) is 49.1 Å². The van der Waals surface area contributed by atoms with Crippen molar-refractivity contribution in [1.29, 1.82) is 0 Å². The molecule has 1 heterocycles. The number of hydrogen-bond acceptors (Lipinski definition) is 1. The summed E-state index contributed by atoms with van der Waals surface area (Å²) >= 11 is 0. The topological polar surface area (TPSA) is 12.0 Å².